The number of likely N-dealkylation sites (N-methyl/N-ethyl adjacent to an activating group) is 1. The zero-order valence-corrected chi connectivity index (χ0v) is 11.6. The number of ether oxygens (including phenoxy) is 1. The molecule has 0 bridgehead atoms. The molecule has 0 spiro atoms. The Morgan fingerprint density at radius 3 is 2.53 bits per heavy atom. The summed E-state index contributed by atoms with van der Waals surface area (Å²) in [5, 5.41) is 2.77. The Kier molecular flexibility index (Phi) is 6.02. The smallest absolute Gasteiger partial charge is 0.337 e. The molecule has 0 unspecified atom stereocenters. The van der Waals surface area contributed by atoms with E-state index in [2.05, 4.69) is 10.1 Å². The second kappa shape index (κ2) is 7.53. The molecule has 104 valence electrons. The molecule has 0 atom stereocenters. The van der Waals surface area contributed by atoms with Crippen LogP contribution < -0.4 is 5.32 Å². The maximum atomic E-state index is 11.8. The molecule has 0 fully saturated rings. The van der Waals surface area contributed by atoms with Gasteiger partial charge in [0, 0.05) is 5.69 Å². The van der Waals surface area contributed by atoms with Crippen LogP contribution in [0.25, 0.3) is 0 Å². The minimum Gasteiger partial charge on any atom is -0.465 e. The lowest BCUT2D eigenvalue weighted by Crippen LogP contribution is -2.32. The number of amides is 1. The average molecular weight is 264 g/mol. The number of methoxy groups -OCH3 is 1. The Morgan fingerprint density at radius 1 is 1.26 bits per heavy atom. The number of rotatable bonds is 6. The van der Waals surface area contributed by atoms with E-state index >= 15 is 0 Å². The third kappa shape index (κ3) is 4.71. The van der Waals surface area contributed by atoms with E-state index < -0.39 is 5.97 Å². The maximum Gasteiger partial charge on any atom is 0.337 e. The zero-order chi connectivity index (χ0) is 14.3. The zero-order valence-electron chi connectivity index (χ0n) is 11.6. The first kappa shape index (κ1) is 15.2. The van der Waals surface area contributed by atoms with Gasteiger partial charge in [0.2, 0.25) is 5.91 Å². The first-order valence-electron chi connectivity index (χ1n) is 6.31. The minimum absolute atomic E-state index is 0.0919. The molecule has 1 N–H and O–H groups in total. The summed E-state index contributed by atoms with van der Waals surface area (Å²) < 4.78 is 4.64. The van der Waals surface area contributed by atoms with Crippen LogP contribution in [0.15, 0.2) is 24.3 Å². The number of nitrogens with zero attached hydrogens (tertiary/aromatic N) is 1. The highest BCUT2D eigenvalue weighted by atomic mass is 16.5. The van der Waals surface area contributed by atoms with E-state index in [1.165, 1.54) is 7.11 Å². The summed E-state index contributed by atoms with van der Waals surface area (Å²) in [6.45, 7) is 6.01. The molecule has 0 aromatic heterocycles. The molecule has 0 aliphatic heterocycles. The van der Waals surface area contributed by atoms with Gasteiger partial charge < -0.3 is 10.1 Å². The minimum atomic E-state index is -0.417. The highest BCUT2D eigenvalue weighted by molar-refractivity contribution is 5.95. The molecular weight excluding hydrogens is 244 g/mol. The maximum absolute atomic E-state index is 11.8. The number of benzene rings is 1. The normalized spacial score (nSPS) is 10.3. The monoisotopic (exact) mass is 264 g/mol. The highest BCUT2D eigenvalue weighted by Crippen LogP contribution is 2.11. The predicted octanol–water partition coefficient (Wildman–Crippen LogP) is 1.75. The Bertz CT molecular complexity index is 442. The summed E-state index contributed by atoms with van der Waals surface area (Å²) in [4.78, 5) is 25.2. The quantitative estimate of drug-likeness (QED) is 0.795. The molecule has 0 saturated heterocycles. The van der Waals surface area contributed by atoms with Gasteiger partial charge in [-0.15, -0.1) is 0 Å². The first-order valence-corrected chi connectivity index (χ1v) is 6.31. The van der Waals surface area contributed by atoms with Crippen LogP contribution in [0.1, 0.15) is 24.2 Å². The van der Waals surface area contributed by atoms with Crippen LogP contribution in [0, 0.1) is 0 Å². The van der Waals surface area contributed by atoms with Gasteiger partial charge in [-0.1, -0.05) is 19.9 Å². The van der Waals surface area contributed by atoms with Crippen molar-refractivity contribution in [2.75, 3.05) is 32.1 Å². The van der Waals surface area contributed by atoms with Gasteiger partial charge in [-0.3, -0.25) is 9.69 Å². The van der Waals surface area contributed by atoms with Crippen molar-refractivity contribution < 1.29 is 14.3 Å². The molecule has 0 aliphatic rings. The van der Waals surface area contributed by atoms with Crippen LogP contribution in [-0.2, 0) is 9.53 Å². The van der Waals surface area contributed by atoms with Crippen molar-refractivity contribution in [3.05, 3.63) is 29.8 Å². The summed E-state index contributed by atoms with van der Waals surface area (Å²) in [7, 11) is 1.33. The van der Waals surface area contributed by atoms with Crippen LogP contribution in [0.3, 0.4) is 0 Å². The predicted molar refractivity (Wildman–Crippen MR) is 74.2 cm³/mol. The van der Waals surface area contributed by atoms with Gasteiger partial charge in [0.15, 0.2) is 0 Å². The molecule has 0 radical (unpaired) electrons. The lowest BCUT2D eigenvalue weighted by Gasteiger charge is -2.17. The van der Waals surface area contributed by atoms with Crippen LogP contribution in [0.2, 0.25) is 0 Å². The van der Waals surface area contributed by atoms with Gasteiger partial charge in [0.05, 0.1) is 19.2 Å². The molecule has 0 saturated carbocycles. The SMILES string of the molecule is CCN(CC)CC(=O)Nc1cccc(C(=O)OC)c1. The Hall–Kier alpha value is -1.88. The summed E-state index contributed by atoms with van der Waals surface area (Å²) >= 11 is 0. The average Bonchev–Trinajstić information content (AvgIpc) is 2.44. The fraction of sp³-hybridized carbons (Fsp3) is 0.429. The molecular formula is C14H20N2O3. The van der Waals surface area contributed by atoms with Crippen molar-refractivity contribution >= 4 is 17.6 Å². The number of hydrogen-bond acceptors (Lipinski definition) is 4. The lowest BCUT2D eigenvalue weighted by atomic mass is 10.2. The van der Waals surface area contributed by atoms with E-state index in [-0.39, 0.29) is 5.91 Å². The highest BCUT2D eigenvalue weighted by Gasteiger charge is 2.09. The number of carbonyl (C=O) groups is 2. The van der Waals surface area contributed by atoms with E-state index in [4.69, 9.17) is 0 Å². The number of hydrogen-bond donors (Lipinski definition) is 1. The van der Waals surface area contributed by atoms with Crippen molar-refractivity contribution in [2.45, 2.75) is 13.8 Å². The third-order valence-corrected chi connectivity index (χ3v) is 2.83. The second-order valence-corrected chi connectivity index (χ2v) is 4.08. The van der Waals surface area contributed by atoms with Gasteiger partial charge in [-0.2, -0.15) is 0 Å². The summed E-state index contributed by atoms with van der Waals surface area (Å²) in [5.41, 5.74) is 1.02. The van der Waals surface area contributed by atoms with Gasteiger partial charge >= 0.3 is 5.97 Å². The van der Waals surface area contributed by atoms with Gasteiger partial charge in [-0.25, -0.2) is 4.79 Å². The van der Waals surface area contributed by atoms with Crippen molar-refractivity contribution in [3.63, 3.8) is 0 Å². The topological polar surface area (TPSA) is 58.6 Å². The van der Waals surface area contributed by atoms with Crippen molar-refractivity contribution in [1.82, 2.24) is 4.90 Å². The number of anilines is 1. The lowest BCUT2D eigenvalue weighted by molar-refractivity contribution is -0.117. The summed E-state index contributed by atoms with van der Waals surface area (Å²) in [5.74, 6) is -0.509. The van der Waals surface area contributed by atoms with E-state index in [0.717, 1.165) is 13.1 Å². The van der Waals surface area contributed by atoms with Crippen LogP contribution >= 0.6 is 0 Å². The van der Waals surface area contributed by atoms with E-state index in [1.54, 1.807) is 24.3 Å². The summed E-state index contributed by atoms with van der Waals surface area (Å²) in [6.07, 6.45) is 0. The molecule has 1 rings (SSSR count). The van der Waals surface area contributed by atoms with Crippen LogP contribution in [-0.4, -0.2) is 43.5 Å². The van der Waals surface area contributed by atoms with E-state index in [9.17, 15) is 9.59 Å². The third-order valence-electron chi connectivity index (χ3n) is 2.83. The van der Waals surface area contributed by atoms with Crippen LogP contribution in [0.4, 0.5) is 5.69 Å². The van der Waals surface area contributed by atoms with E-state index in [1.807, 2.05) is 18.7 Å². The largest absolute Gasteiger partial charge is 0.465 e. The Morgan fingerprint density at radius 2 is 1.95 bits per heavy atom. The molecule has 19 heavy (non-hydrogen) atoms. The van der Waals surface area contributed by atoms with Crippen LogP contribution in [0.5, 0.6) is 0 Å². The Labute approximate surface area is 113 Å². The van der Waals surface area contributed by atoms with Gasteiger partial charge in [0.1, 0.15) is 0 Å². The molecule has 1 aromatic rings. The number of nitrogens with one attached hydrogen (secondary N) is 1. The van der Waals surface area contributed by atoms with Crippen molar-refractivity contribution in [1.29, 1.82) is 0 Å². The van der Waals surface area contributed by atoms with Gasteiger partial charge in [-0.05, 0) is 31.3 Å². The van der Waals surface area contributed by atoms with Gasteiger partial charge in [0.25, 0.3) is 0 Å². The second-order valence-electron chi connectivity index (χ2n) is 4.08. The van der Waals surface area contributed by atoms with Crippen molar-refractivity contribution in [2.24, 2.45) is 0 Å². The van der Waals surface area contributed by atoms with E-state index in [0.29, 0.717) is 17.8 Å². The molecule has 5 heteroatoms. The fourth-order valence-corrected chi connectivity index (χ4v) is 1.69. The molecule has 1 amide bonds. The number of esters is 1. The Balaban J connectivity index is 2.66. The standard InChI is InChI=1S/C14H20N2O3/c1-4-16(5-2)10-13(17)15-12-8-6-7-11(9-12)14(18)19-3/h6-9H,4-5,10H2,1-3H3,(H,15,17). The molecule has 0 heterocycles. The molecule has 5 nitrogen and oxygen atoms in total. The molecule has 1 aromatic carbocycles. The first-order chi connectivity index (χ1) is 9.10. The number of carbonyl (C=O) groups excluding carboxylic acids is 2. The molecule has 0 aliphatic carbocycles. The fourth-order valence-electron chi connectivity index (χ4n) is 1.69. The van der Waals surface area contributed by atoms with Crippen molar-refractivity contribution in [3.8, 4) is 0 Å². The summed E-state index contributed by atoms with van der Waals surface area (Å²) in [6, 6.07) is 6.70.